The molecule has 0 atom stereocenters. The van der Waals surface area contributed by atoms with Gasteiger partial charge < -0.3 is 9.47 Å². The molecule has 0 amide bonds. The fourth-order valence-corrected chi connectivity index (χ4v) is 4.03. The molecule has 0 aliphatic heterocycles. The van der Waals surface area contributed by atoms with Gasteiger partial charge in [-0.05, 0) is 35.7 Å². The zero-order valence-electron chi connectivity index (χ0n) is 16.3. The smallest absolute Gasteiger partial charge is 0.344 e. The highest BCUT2D eigenvalue weighted by atomic mass is 32.1. The molecule has 0 aliphatic rings. The van der Waals surface area contributed by atoms with E-state index in [2.05, 4.69) is 15.2 Å². The van der Waals surface area contributed by atoms with Gasteiger partial charge in [-0.15, -0.1) is 21.5 Å². The molecule has 1 aromatic carbocycles. The first-order chi connectivity index (χ1) is 15.1. The van der Waals surface area contributed by atoms with Crippen LogP contribution >= 0.6 is 11.3 Å². The van der Waals surface area contributed by atoms with Crippen molar-refractivity contribution in [3.8, 4) is 11.6 Å². The van der Waals surface area contributed by atoms with Crippen molar-refractivity contribution >= 4 is 33.3 Å². The van der Waals surface area contributed by atoms with Crippen LogP contribution in [0.5, 0.6) is 11.6 Å². The fraction of sp³-hybridized carbons (Fsp3) is 0.0952. The number of rotatable bonds is 5. The summed E-state index contributed by atoms with van der Waals surface area (Å²) in [6.07, 6.45) is 1.54. The largest absolute Gasteiger partial charge is 0.454 e. The molecule has 154 valence electrons. The molecule has 5 aromatic rings. The standard InChI is InChI=1S/C21H15N5O4S/c1-25-19(27)17-15(9-11-31-17)26-16(23-24-21(25)26)12-29-20(28)14-8-5-10-22-18(14)30-13-6-3-2-4-7-13/h2-11H,12H2,1H3. The van der Waals surface area contributed by atoms with Crippen LogP contribution in [0.15, 0.2) is 64.9 Å². The maximum Gasteiger partial charge on any atom is 0.344 e. The van der Waals surface area contributed by atoms with E-state index in [4.69, 9.17) is 9.47 Å². The lowest BCUT2D eigenvalue weighted by atomic mass is 10.2. The number of para-hydroxylation sites is 1. The number of fused-ring (bicyclic) bond motifs is 3. The Kier molecular flexibility index (Phi) is 4.68. The molecular formula is C21H15N5O4S. The van der Waals surface area contributed by atoms with Crippen molar-refractivity contribution in [3.63, 3.8) is 0 Å². The monoisotopic (exact) mass is 433 g/mol. The number of aryl methyl sites for hydroxylation is 1. The Hall–Kier alpha value is -4.05. The molecule has 0 saturated heterocycles. The zero-order chi connectivity index (χ0) is 21.4. The number of thiophene rings is 1. The molecule has 0 radical (unpaired) electrons. The van der Waals surface area contributed by atoms with Crippen LogP contribution in [0.3, 0.4) is 0 Å². The third kappa shape index (κ3) is 3.32. The second-order valence-corrected chi connectivity index (χ2v) is 7.51. The Morgan fingerprint density at radius 3 is 2.77 bits per heavy atom. The van der Waals surface area contributed by atoms with Gasteiger partial charge in [0.25, 0.3) is 5.56 Å². The molecule has 9 nitrogen and oxygen atoms in total. The van der Waals surface area contributed by atoms with Crippen molar-refractivity contribution in [1.29, 1.82) is 0 Å². The average molecular weight is 433 g/mol. The van der Waals surface area contributed by atoms with Gasteiger partial charge in [-0.2, -0.15) is 0 Å². The van der Waals surface area contributed by atoms with Crippen LogP contribution < -0.4 is 10.3 Å². The Bertz CT molecular complexity index is 1470. The Balaban J connectivity index is 1.43. The number of aromatic nitrogens is 5. The van der Waals surface area contributed by atoms with Crippen molar-refractivity contribution in [2.24, 2.45) is 7.05 Å². The third-order valence-corrected chi connectivity index (χ3v) is 5.57. The first-order valence-corrected chi connectivity index (χ1v) is 10.2. The normalized spacial score (nSPS) is 11.1. The van der Waals surface area contributed by atoms with Gasteiger partial charge in [0.15, 0.2) is 12.4 Å². The Morgan fingerprint density at radius 2 is 1.94 bits per heavy atom. The summed E-state index contributed by atoms with van der Waals surface area (Å²) < 4.78 is 14.9. The quantitative estimate of drug-likeness (QED) is 0.392. The summed E-state index contributed by atoms with van der Waals surface area (Å²) in [6.45, 7) is -0.136. The molecule has 0 unspecified atom stereocenters. The predicted octanol–water partition coefficient (Wildman–Crippen LogP) is 3.19. The molecule has 4 aromatic heterocycles. The second kappa shape index (κ2) is 7.65. The summed E-state index contributed by atoms with van der Waals surface area (Å²) in [4.78, 5) is 29.4. The van der Waals surface area contributed by atoms with Gasteiger partial charge in [0, 0.05) is 13.2 Å². The van der Waals surface area contributed by atoms with E-state index < -0.39 is 5.97 Å². The molecule has 5 rings (SSSR count). The van der Waals surface area contributed by atoms with Crippen molar-refractivity contribution in [2.45, 2.75) is 6.61 Å². The van der Waals surface area contributed by atoms with Crippen LogP contribution in [0.1, 0.15) is 16.2 Å². The molecule has 0 bridgehead atoms. The van der Waals surface area contributed by atoms with Crippen molar-refractivity contribution < 1.29 is 14.3 Å². The number of hydrogen-bond donors (Lipinski definition) is 0. The van der Waals surface area contributed by atoms with Crippen LogP contribution in [0, 0.1) is 0 Å². The third-order valence-electron chi connectivity index (χ3n) is 4.68. The first-order valence-electron chi connectivity index (χ1n) is 9.28. The van der Waals surface area contributed by atoms with Crippen LogP contribution in [0.25, 0.3) is 16.0 Å². The summed E-state index contributed by atoms with van der Waals surface area (Å²) >= 11 is 1.34. The summed E-state index contributed by atoms with van der Waals surface area (Å²) in [5.41, 5.74) is 0.716. The van der Waals surface area contributed by atoms with Crippen LogP contribution in [0.4, 0.5) is 0 Å². The highest BCUT2D eigenvalue weighted by molar-refractivity contribution is 7.17. The molecule has 0 saturated carbocycles. The van der Waals surface area contributed by atoms with E-state index >= 15 is 0 Å². The van der Waals surface area contributed by atoms with E-state index in [9.17, 15) is 9.59 Å². The average Bonchev–Trinajstić information content (AvgIpc) is 3.44. The van der Waals surface area contributed by atoms with Gasteiger partial charge in [-0.3, -0.25) is 13.8 Å². The number of ether oxygens (including phenoxy) is 2. The van der Waals surface area contributed by atoms with Gasteiger partial charge >= 0.3 is 5.97 Å². The summed E-state index contributed by atoms with van der Waals surface area (Å²) in [5, 5.41) is 10.0. The highest BCUT2D eigenvalue weighted by Crippen LogP contribution is 2.24. The lowest BCUT2D eigenvalue weighted by Crippen LogP contribution is -2.19. The summed E-state index contributed by atoms with van der Waals surface area (Å²) in [5.74, 6) is 0.863. The van der Waals surface area contributed by atoms with Crippen molar-refractivity contribution in [2.75, 3.05) is 0 Å². The van der Waals surface area contributed by atoms with Gasteiger partial charge in [0.05, 0.1) is 5.52 Å². The number of pyridine rings is 1. The predicted molar refractivity (Wildman–Crippen MR) is 113 cm³/mol. The molecule has 0 aliphatic carbocycles. The molecule has 31 heavy (non-hydrogen) atoms. The maximum atomic E-state index is 12.8. The van der Waals surface area contributed by atoms with Gasteiger partial charge in [0.1, 0.15) is 16.0 Å². The van der Waals surface area contributed by atoms with Gasteiger partial charge in [-0.25, -0.2) is 9.78 Å². The zero-order valence-corrected chi connectivity index (χ0v) is 17.1. The van der Waals surface area contributed by atoms with Gasteiger partial charge in [0.2, 0.25) is 11.7 Å². The number of carbonyl (C=O) groups excluding carboxylic acids is 1. The van der Waals surface area contributed by atoms with Crippen molar-refractivity contribution in [3.05, 3.63) is 81.8 Å². The Morgan fingerprint density at radius 1 is 1.10 bits per heavy atom. The lowest BCUT2D eigenvalue weighted by Gasteiger charge is -2.10. The molecular weight excluding hydrogens is 418 g/mol. The minimum atomic E-state index is -0.609. The molecule has 0 spiro atoms. The van der Waals surface area contributed by atoms with E-state index in [1.807, 2.05) is 29.6 Å². The molecule has 0 N–H and O–H groups in total. The number of nitrogens with zero attached hydrogens (tertiary/aromatic N) is 5. The number of benzene rings is 1. The number of esters is 1. The SMILES string of the molecule is Cn1c(=O)c2sccc2n2c(COC(=O)c3cccnc3Oc3ccccc3)nnc12. The summed E-state index contributed by atoms with van der Waals surface area (Å²) in [6, 6.07) is 14.1. The van der Waals surface area contributed by atoms with Crippen LogP contribution in [0.2, 0.25) is 0 Å². The molecule has 0 fully saturated rings. The van der Waals surface area contributed by atoms with Crippen LogP contribution in [-0.2, 0) is 18.4 Å². The second-order valence-electron chi connectivity index (χ2n) is 6.60. The minimum absolute atomic E-state index is 0.136. The van der Waals surface area contributed by atoms with E-state index in [1.54, 1.807) is 35.7 Å². The Labute approximate surface area is 179 Å². The summed E-state index contributed by atoms with van der Waals surface area (Å²) in [7, 11) is 1.63. The maximum absolute atomic E-state index is 12.8. The van der Waals surface area contributed by atoms with E-state index in [0.717, 1.165) is 0 Å². The van der Waals surface area contributed by atoms with E-state index in [-0.39, 0.29) is 23.6 Å². The fourth-order valence-electron chi connectivity index (χ4n) is 3.18. The first kappa shape index (κ1) is 18.9. The van der Waals surface area contributed by atoms with Gasteiger partial charge in [-0.1, -0.05) is 18.2 Å². The number of carbonyl (C=O) groups is 1. The minimum Gasteiger partial charge on any atom is -0.454 e. The lowest BCUT2D eigenvalue weighted by molar-refractivity contribution is 0.0457. The highest BCUT2D eigenvalue weighted by Gasteiger charge is 2.19. The van der Waals surface area contributed by atoms with E-state index in [1.165, 1.54) is 22.1 Å². The topological polar surface area (TPSA) is 101 Å². The van der Waals surface area contributed by atoms with Crippen LogP contribution in [-0.4, -0.2) is 30.1 Å². The van der Waals surface area contributed by atoms with Crippen molar-refractivity contribution in [1.82, 2.24) is 24.1 Å². The number of hydrogen-bond acceptors (Lipinski definition) is 8. The molecule has 4 heterocycles. The molecule has 10 heteroatoms. The van der Waals surface area contributed by atoms with E-state index in [0.29, 0.717) is 27.6 Å².